The first-order valence-corrected chi connectivity index (χ1v) is 10.1. The van der Waals surface area contributed by atoms with Crippen LogP contribution < -0.4 is 4.74 Å². The van der Waals surface area contributed by atoms with Crippen molar-refractivity contribution in [3.05, 3.63) is 89.0 Å². The number of benzene rings is 2. The van der Waals surface area contributed by atoms with Gasteiger partial charge in [-0.05, 0) is 47.5 Å². The Labute approximate surface area is 178 Å². The number of ether oxygens (including phenoxy) is 1. The van der Waals surface area contributed by atoms with E-state index in [0.29, 0.717) is 5.01 Å². The van der Waals surface area contributed by atoms with E-state index >= 15 is 0 Å². The molecule has 0 saturated carbocycles. The summed E-state index contributed by atoms with van der Waals surface area (Å²) in [6.45, 7) is 0. The van der Waals surface area contributed by atoms with Crippen LogP contribution in [0.3, 0.4) is 0 Å². The summed E-state index contributed by atoms with van der Waals surface area (Å²) in [6.07, 6.45) is 1.59. The van der Waals surface area contributed by atoms with Gasteiger partial charge in [0.15, 0.2) is 5.92 Å². The van der Waals surface area contributed by atoms with Crippen molar-refractivity contribution >= 4 is 17.1 Å². The summed E-state index contributed by atoms with van der Waals surface area (Å²) in [7, 11) is 1.61. The van der Waals surface area contributed by atoms with Crippen LogP contribution in [0.15, 0.2) is 78.3 Å². The molecule has 0 aliphatic carbocycles. The second kappa shape index (κ2) is 8.68. The number of thiazole rings is 1. The molecule has 0 amide bonds. The second-order valence-corrected chi connectivity index (χ2v) is 7.41. The average molecular weight is 411 g/mol. The van der Waals surface area contributed by atoms with Gasteiger partial charge >= 0.3 is 0 Å². The minimum Gasteiger partial charge on any atom is -0.497 e. The van der Waals surface area contributed by atoms with E-state index in [1.165, 1.54) is 11.3 Å². The molecular formula is C24H17N3O2S. The number of carbonyl (C=O) groups is 1. The van der Waals surface area contributed by atoms with E-state index in [0.717, 1.165) is 28.1 Å². The zero-order valence-corrected chi connectivity index (χ0v) is 17.0. The molecule has 1 atom stereocenters. The lowest BCUT2D eigenvalue weighted by atomic mass is 10.00. The van der Waals surface area contributed by atoms with Crippen molar-refractivity contribution in [1.82, 2.24) is 9.97 Å². The van der Waals surface area contributed by atoms with Gasteiger partial charge in [0.05, 0.1) is 18.9 Å². The fourth-order valence-electron chi connectivity index (χ4n) is 3.06. The molecule has 0 radical (unpaired) electrons. The third kappa shape index (κ3) is 3.97. The third-order valence-electron chi connectivity index (χ3n) is 4.67. The van der Waals surface area contributed by atoms with Gasteiger partial charge in [0.25, 0.3) is 0 Å². The number of nitrogens with zero attached hydrogens (tertiary/aromatic N) is 3. The molecule has 5 nitrogen and oxygen atoms in total. The van der Waals surface area contributed by atoms with Crippen molar-refractivity contribution in [2.75, 3.05) is 7.11 Å². The third-order valence-corrected chi connectivity index (χ3v) is 5.58. The van der Waals surface area contributed by atoms with Crippen molar-refractivity contribution in [3.63, 3.8) is 0 Å². The van der Waals surface area contributed by atoms with E-state index in [4.69, 9.17) is 4.74 Å². The van der Waals surface area contributed by atoms with Crippen LogP contribution in [0.5, 0.6) is 5.75 Å². The molecule has 0 saturated heterocycles. The molecule has 0 aliphatic rings. The molecule has 0 fully saturated rings. The fraction of sp³-hybridized carbons (Fsp3) is 0.0833. The number of nitriles is 1. The van der Waals surface area contributed by atoms with Gasteiger partial charge in [0.2, 0.25) is 5.78 Å². The van der Waals surface area contributed by atoms with Gasteiger partial charge in [-0.1, -0.05) is 30.3 Å². The first-order valence-electron chi connectivity index (χ1n) is 9.25. The Morgan fingerprint density at radius 1 is 1.03 bits per heavy atom. The number of hydrogen-bond donors (Lipinski definition) is 0. The van der Waals surface area contributed by atoms with Gasteiger partial charge < -0.3 is 4.74 Å². The molecule has 30 heavy (non-hydrogen) atoms. The Hall–Kier alpha value is -3.82. The summed E-state index contributed by atoms with van der Waals surface area (Å²) in [5, 5.41) is 12.0. The molecule has 4 rings (SSSR count). The Morgan fingerprint density at radius 2 is 1.80 bits per heavy atom. The maximum atomic E-state index is 13.1. The highest BCUT2D eigenvalue weighted by molar-refractivity contribution is 7.10. The normalized spacial score (nSPS) is 11.5. The largest absolute Gasteiger partial charge is 0.497 e. The molecule has 0 N–H and O–H groups in total. The number of ketones is 1. The van der Waals surface area contributed by atoms with E-state index in [1.54, 1.807) is 19.4 Å². The van der Waals surface area contributed by atoms with Gasteiger partial charge in [-0.15, -0.1) is 11.3 Å². The highest BCUT2D eigenvalue weighted by atomic mass is 32.1. The van der Waals surface area contributed by atoms with E-state index < -0.39 is 5.92 Å². The number of Topliss-reactive ketones (excluding diaryl/α,β-unsaturated/α-hetero) is 1. The Balaban J connectivity index is 1.61. The Morgan fingerprint density at radius 3 is 2.50 bits per heavy atom. The number of methoxy groups -OCH3 is 1. The average Bonchev–Trinajstić information content (AvgIpc) is 3.30. The molecule has 2 heterocycles. The smallest absolute Gasteiger partial charge is 0.205 e. The molecule has 0 aliphatic heterocycles. The number of rotatable bonds is 6. The number of hydrogen-bond acceptors (Lipinski definition) is 6. The van der Waals surface area contributed by atoms with Crippen LogP contribution in [-0.2, 0) is 0 Å². The highest BCUT2D eigenvalue weighted by Crippen LogP contribution is 2.30. The quantitative estimate of drug-likeness (QED) is 0.399. The SMILES string of the molecule is COc1ccc(-c2csc(C(C#N)C(=O)c3cc(-c4ccccc4)ccn3)n2)cc1. The summed E-state index contributed by atoms with van der Waals surface area (Å²) in [5.74, 6) is -0.602. The van der Waals surface area contributed by atoms with Crippen molar-refractivity contribution in [1.29, 1.82) is 5.26 Å². The summed E-state index contributed by atoms with van der Waals surface area (Å²) in [4.78, 5) is 21.8. The van der Waals surface area contributed by atoms with Crippen LogP contribution in [0, 0.1) is 11.3 Å². The van der Waals surface area contributed by atoms with E-state index in [-0.39, 0.29) is 11.5 Å². The molecular weight excluding hydrogens is 394 g/mol. The topological polar surface area (TPSA) is 75.9 Å². The zero-order chi connectivity index (χ0) is 20.9. The van der Waals surface area contributed by atoms with Gasteiger partial charge in [0, 0.05) is 17.1 Å². The summed E-state index contributed by atoms with van der Waals surface area (Å²) < 4.78 is 5.18. The van der Waals surface area contributed by atoms with E-state index in [2.05, 4.69) is 16.0 Å². The van der Waals surface area contributed by atoms with Crippen molar-refractivity contribution in [3.8, 4) is 34.2 Å². The molecule has 6 heteroatoms. The van der Waals surface area contributed by atoms with Crippen LogP contribution in [-0.4, -0.2) is 22.9 Å². The van der Waals surface area contributed by atoms with Gasteiger partial charge in [-0.25, -0.2) is 4.98 Å². The minimum atomic E-state index is -1.000. The summed E-state index contributed by atoms with van der Waals surface area (Å²) in [6, 6.07) is 22.9. The predicted octanol–water partition coefficient (Wildman–Crippen LogP) is 5.37. The molecule has 0 bridgehead atoms. The molecule has 4 aromatic rings. The van der Waals surface area contributed by atoms with Crippen molar-refractivity contribution < 1.29 is 9.53 Å². The van der Waals surface area contributed by atoms with Crippen LogP contribution in [0.2, 0.25) is 0 Å². The lowest BCUT2D eigenvalue weighted by Crippen LogP contribution is -2.12. The second-order valence-electron chi connectivity index (χ2n) is 6.52. The number of pyridine rings is 1. The van der Waals surface area contributed by atoms with Crippen molar-refractivity contribution in [2.45, 2.75) is 5.92 Å². The molecule has 2 aromatic carbocycles. The Bertz CT molecular complexity index is 1210. The summed E-state index contributed by atoms with van der Waals surface area (Å²) in [5.41, 5.74) is 3.73. The molecule has 1 unspecified atom stereocenters. The zero-order valence-electron chi connectivity index (χ0n) is 16.1. The van der Waals surface area contributed by atoms with E-state index in [9.17, 15) is 10.1 Å². The maximum Gasteiger partial charge on any atom is 0.205 e. The standard InChI is InChI=1S/C24H17N3O2S/c1-29-19-9-7-17(8-10-19)22-15-30-24(27-22)20(14-25)23(28)21-13-18(11-12-26-21)16-5-3-2-4-6-16/h2-13,15,20H,1H3. The number of carbonyl (C=O) groups excluding carboxylic acids is 1. The first-order chi connectivity index (χ1) is 14.7. The van der Waals surface area contributed by atoms with Crippen LogP contribution in [0.25, 0.3) is 22.4 Å². The highest BCUT2D eigenvalue weighted by Gasteiger charge is 2.26. The predicted molar refractivity (Wildman–Crippen MR) is 116 cm³/mol. The summed E-state index contributed by atoms with van der Waals surface area (Å²) >= 11 is 1.30. The number of aromatic nitrogens is 2. The van der Waals surface area contributed by atoms with Crippen LogP contribution >= 0.6 is 11.3 Å². The lowest BCUT2D eigenvalue weighted by molar-refractivity contribution is 0.0974. The minimum absolute atomic E-state index is 0.254. The molecule has 0 spiro atoms. The maximum absolute atomic E-state index is 13.1. The monoisotopic (exact) mass is 411 g/mol. The fourth-order valence-corrected chi connectivity index (χ4v) is 3.93. The Kier molecular flexibility index (Phi) is 5.64. The van der Waals surface area contributed by atoms with Crippen LogP contribution in [0.4, 0.5) is 0 Å². The first kappa shape index (κ1) is 19.5. The van der Waals surface area contributed by atoms with Crippen molar-refractivity contribution in [2.24, 2.45) is 0 Å². The lowest BCUT2D eigenvalue weighted by Gasteiger charge is -2.07. The van der Waals surface area contributed by atoms with Crippen LogP contribution in [0.1, 0.15) is 21.4 Å². The molecule has 146 valence electrons. The van der Waals surface area contributed by atoms with Gasteiger partial charge in [-0.3, -0.25) is 9.78 Å². The molecule has 2 aromatic heterocycles. The van der Waals surface area contributed by atoms with Gasteiger partial charge in [0.1, 0.15) is 16.5 Å². The van der Waals surface area contributed by atoms with Gasteiger partial charge in [-0.2, -0.15) is 5.26 Å². The van der Waals surface area contributed by atoms with E-state index in [1.807, 2.05) is 66.0 Å².